The summed E-state index contributed by atoms with van der Waals surface area (Å²) in [6, 6.07) is 12.2. The molecule has 2 aromatic rings. The molecule has 6 nitrogen and oxygen atoms in total. The molecule has 1 fully saturated rings. The minimum absolute atomic E-state index is 0.0511. The van der Waals surface area contributed by atoms with Crippen molar-refractivity contribution in [3.8, 4) is 6.07 Å². The third-order valence-corrected chi connectivity index (χ3v) is 4.30. The number of amides is 2. The van der Waals surface area contributed by atoms with Crippen LogP contribution < -0.4 is 5.32 Å². The first-order valence-corrected chi connectivity index (χ1v) is 8.17. The van der Waals surface area contributed by atoms with Gasteiger partial charge in [0, 0.05) is 42.7 Å². The maximum absolute atomic E-state index is 12.5. The summed E-state index contributed by atoms with van der Waals surface area (Å²) in [4.78, 5) is 30.4. The molecule has 6 heteroatoms. The zero-order valence-electron chi connectivity index (χ0n) is 13.7. The summed E-state index contributed by atoms with van der Waals surface area (Å²) < 4.78 is 0. The number of nitrogens with one attached hydrogen (secondary N) is 1. The van der Waals surface area contributed by atoms with Gasteiger partial charge in [0.15, 0.2) is 0 Å². The predicted octanol–water partition coefficient (Wildman–Crippen LogP) is 1.99. The van der Waals surface area contributed by atoms with Gasteiger partial charge in [-0.05, 0) is 43.2 Å². The van der Waals surface area contributed by atoms with Crippen molar-refractivity contribution in [2.45, 2.75) is 18.9 Å². The molecule has 1 aliphatic rings. The van der Waals surface area contributed by atoms with Gasteiger partial charge in [0.2, 0.25) is 0 Å². The third-order valence-electron chi connectivity index (χ3n) is 4.30. The summed E-state index contributed by atoms with van der Waals surface area (Å²) in [5.41, 5.74) is 1.59. The first-order valence-electron chi connectivity index (χ1n) is 8.17. The molecular formula is C19H18N4O2. The summed E-state index contributed by atoms with van der Waals surface area (Å²) in [5, 5.41) is 12.0. The van der Waals surface area contributed by atoms with Gasteiger partial charge in [0.05, 0.1) is 11.6 Å². The molecule has 0 unspecified atom stereocenters. The minimum atomic E-state index is -0.117. The van der Waals surface area contributed by atoms with E-state index < -0.39 is 0 Å². The minimum Gasteiger partial charge on any atom is -0.349 e. The predicted molar refractivity (Wildman–Crippen MR) is 91.8 cm³/mol. The van der Waals surface area contributed by atoms with Crippen LogP contribution in [0.1, 0.15) is 39.1 Å². The van der Waals surface area contributed by atoms with Crippen molar-refractivity contribution in [3.63, 3.8) is 0 Å². The van der Waals surface area contributed by atoms with Crippen molar-refractivity contribution in [1.29, 1.82) is 5.26 Å². The highest BCUT2D eigenvalue weighted by Gasteiger charge is 2.25. The van der Waals surface area contributed by atoms with Gasteiger partial charge >= 0.3 is 0 Å². The smallest absolute Gasteiger partial charge is 0.253 e. The fourth-order valence-corrected chi connectivity index (χ4v) is 2.90. The van der Waals surface area contributed by atoms with Crippen LogP contribution in [0.25, 0.3) is 0 Å². The Hall–Kier alpha value is -3.20. The molecule has 1 saturated heterocycles. The molecule has 25 heavy (non-hydrogen) atoms. The van der Waals surface area contributed by atoms with Crippen molar-refractivity contribution >= 4 is 11.8 Å². The second kappa shape index (κ2) is 7.58. The number of carbonyl (C=O) groups is 2. The first kappa shape index (κ1) is 16.7. The summed E-state index contributed by atoms with van der Waals surface area (Å²) in [7, 11) is 0. The zero-order valence-corrected chi connectivity index (χ0v) is 13.7. The number of nitriles is 1. The van der Waals surface area contributed by atoms with Crippen LogP contribution in [0.15, 0.2) is 48.8 Å². The Morgan fingerprint density at radius 3 is 2.52 bits per heavy atom. The Labute approximate surface area is 146 Å². The molecule has 1 aliphatic heterocycles. The van der Waals surface area contributed by atoms with E-state index in [0.717, 1.165) is 0 Å². The van der Waals surface area contributed by atoms with Crippen LogP contribution in [-0.2, 0) is 0 Å². The maximum atomic E-state index is 12.5. The molecule has 2 heterocycles. The molecule has 0 bridgehead atoms. The lowest BCUT2D eigenvalue weighted by atomic mass is 10.0. The van der Waals surface area contributed by atoms with E-state index in [1.165, 1.54) is 0 Å². The van der Waals surface area contributed by atoms with Crippen LogP contribution in [0, 0.1) is 11.3 Å². The van der Waals surface area contributed by atoms with E-state index in [1.807, 2.05) is 6.07 Å². The Kier molecular flexibility index (Phi) is 5.05. The first-order chi connectivity index (χ1) is 12.2. The Balaban J connectivity index is 1.55. The molecule has 1 aromatic carbocycles. The number of aromatic nitrogens is 1. The molecule has 1 aromatic heterocycles. The summed E-state index contributed by atoms with van der Waals surface area (Å²) in [6.45, 7) is 1.16. The molecule has 0 saturated carbocycles. The van der Waals surface area contributed by atoms with E-state index >= 15 is 0 Å². The van der Waals surface area contributed by atoms with E-state index in [1.54, 1.807) is 53.7 Å². The molecule has 126 valence electrons. The highest BCUT2D eigenvalue weighted by molar-refractivity contribution is 5.95. The monoisotopic (exact) mass is 334 g/mol. The van der Waals surface area contributed by atoms with Crippen molar-refractivity contribution in [2.75, 3.05) is 13.1 Å². The van der Waals surface area contributed by atoms with E-state index in [-0.39, 0.29) is 17.9 Å². The molecule has 2 amide bonds. The standard InChI is InChI=1S/C19H18N4O2/c20-13-14-2-1-3-16(12-14)19(25)23-10-6-17(7-11-23)22-18(24)15-4-8-21-9-5-15/h1-5,8-9,12,17H,6-7,10-11H2,(H,22,24). The Morgan fingerprint density at radius 2 is 1.84 bits per heavy atom. The summed E-state index contributed by atoms with van der Waals surface area (Å²) >= 11 is 0. The lowest BCUT2D eigenvalue weighted by molar-refractivity contribution is 0.0698. The summed E-state index contributed by atoms with van der Waals surface area (Å²) in [6.07, 6.45) is 4.60. The zero-order chi connectivity index (χ0) is 17.6. The highest BCUT2D eigenvalue weighted by Crippen LogP contribution is 2.15. The van der Waals surface area contributed by atoms with Crippen LogP contribution in [-0.4, -0.2) is 40.8 Å². The van der Waals surface area contributed by atoms with Crippen LogP contribution in [0.5, 0.6) is 0 Å². The van der Waals surface area contributed by atoms with Crippen LogP contribution in [0.4, 0.5) is 0 Å². The lowest BCUT2D eigenvalue weighted by Crippen LogP contribution is -2.46. The molecule has 1 N–H and O–H groups in total. The van der Waals surface area contributed by atoms with E-state index in [9.17, 15) is 9.59 Å². The van der Waals surface area contributed by atoms with Gasteiger partial charge in [-0.3, -0.25) is 14.6 Å². The fourth-order valence-electron chi connectivity index (χ4n) is 2.90. The Morgan fingerprint density at radius 1 is 1.12 bits per heavy atom. The number of benzene rings is 1. The second-order valence-corrected chi connectivity index (χ2v) is 5.97. The summed E-state index contributed by atoms with van der Waals surface area (Å²) in [5.74, 6) is -0.190. The maximum Gasteiger partial charge on any atom is 0.253 e. The number of hydrogen-bond acceptors (Lipinski definition) is 4. The molecule has 0 radical (unpaired) electrons. The average Bonchev–Trinajstić information content (AvgIpc) is 2.68. The van der Waals surface area contributed by atoms with Crippen molar-refractivity contribution in [2.24, 2.45) is 0 Å². The van der Waals surface area contributed by atoms with E-state index in [2.05, 4.69) is 10.3 Å². The SMILES string of the molecule is N#Cc1cccc(C(=O)N2CCC(NC(=O)c3ccncc3)CC2)c1. The fraction of sp³-hybridized carbons (Fsp3) is 0.263. The van der Waals surface area contributed by atoms with Gasteiger partial charge in [-0.25, -0.2) is 0 Å². The van der Waals surface area contributed by atoms with Crippen LogP contribution >= 0.6 is 0 Å². The molecule has 0 atom stereocenters. The van der Waals surface area contributed by atoms with Gasteiger partial charge < -0.3 is 10.2 Å². The largest absolute Gasteiger partial charge is 0.349 e. The molecule has 3 rings (SSSR count). The van der Waals surface area contributed by atoms with E-state index in [4.69, 9.17) is 5.26 Å². The number of rotatable bonds is 3. The van der Waals surface area contributed by atoms with Gasteiger partial charge in [-0.1, -0.05) is 6.07 Å². The van der Waals surface area contributed by atoms with Gasteiger partial charge in [0.1, 0.15) is 0 Å². The Bertz CT molecular complexity index is 806. The number of nitrogens with zero attached hydrogens (tertiary/aromatic N) is 3. The number of hydrogen-bond donors (Lipinski definition) is 1. The van der Waals surface area contributed by atoms with Crippen LogP contribution in [0.3, 0.4) is 0 Å². The normalized spacial score (nSPS) is 14.6. The molecular weight excluding hydrogens is 316 g/mol. The van der Waals surface area contributed by atoms with Crippen molar-refractivity contribution in [3.05, 3.63) is 65.5 Å². The van der Waals surface area contributed by atoms with E-state index in [0.29, 0.717) is 42.6 Å². The topological polar surface area (TPSA) is 86.1 Å². The van der Waals surface area contributed by atoms with Gasteiger partial charge in [-0.2, -0.15) is 5.26 Å². The number of piperidine rings is 1. The quantitative estimate of drug-likeness (QED) is 0.930. The number of pyridine rings is 1. The van der Waals surface area contributed by atoms with Crippen molar-refractivity contribution in [1.82, 2.24) is 15.2 Å². The van der Waals surface area contributed by atoms with Gasteiger partial charge in [-0.15, -0.1) is 0 Å². The highest BCUT2D eigenvalue weighted by atomic mass is 16.2. The average molecular weight is 334 g/mol. The van der Waals surface area contributed by atoms with Crippen molar-refractivity contribution < 1.29 is 9.59 Å². The molecule has 0 aliphatic carbocycles. The second-order valence-electron chi connectivity index (χ2n) is 5.97. The number of likely N-dealkylation sites (tertiary alicyclic amines) is 1. The lowest BCUT2D eigenvalue weighted by Gasteiger charge is -2.32. The van der Waals surface area contributed by atoms with Crippen LogP contribution in [0.2, 0.25) is 0 Å². The van der Waals surface area contributed by atoms with Gasteiger partial charge in [0.25, 0.3) is 11.8 Å². The molecule has 0 spiro atoms. The number of carbonyl (C=O) groups excluding carboxylic acids is 2. The third kappa shape index (κ3) is 4.01.